The molecule has 6 aromatic rings. The zero-order valence-electron chi connectivity index (χ0n) is 33.1. The molecule has 20 heteroatoms. The molecule has 62 heavy (non-hydrogen) atoms. The van der Waals surface area contributed by atoms with Crippen LogP contribution in [0.3, 0.4) is 0 Å². The van der Waals surface area contributed by atoms with Crippen molar-refractivity contribution in [3.8, 4) is 11.5 Å². The number of hydrogen-bond acceptors (Lipinski definition) is 13. The van der Waals surface area contributed by atoms with Gasteiger partial charge in [0, 0.05) is 74.6 Å². The van der Waals surface area contributed by atoms with E-state index in [1.165, 1.54) is 41.0 Å². The lowest BCUT2D eigenvalue weighted by Gasteiger charge is -2.30. The first-order chi connectivity index (χ1) is 29.8. The topological polar surface area (TPSA) is 229 Å². The predicted octanol–water partition coefficient (Wildman–Crippen LogP) is 4.01. The highest BCUT2D eigenvalue weighted by Gasteiger charge is 2.32. The van der Waals surface area contributed by atoms with E-state index >= 15 is 0 Å². The van der Waals surface area contributed by atoms with Crippen molar-refractivity contribution in [2.45, 2.75) is 30.8 Å². The Hall–Kier alpha value is -6.35. The Bertz CT molecular complexity index is 2750. The van der Waals surface area contributed by atoms with Crippen molar-refractivity contribution in [2.24, 2.45) is 0 Å². The largest absolute Gasteiger partial charge is 0.504 e. The highest BCUT2D eigenvalue weighted by Crippen LogP contribution is 2.39. The number of nitrogens with one attached hydrogen (secondary N) is 4. The number of pyridine rings is 4. The fraction of sp³-hybridized carbons (Fsp3) is 0.262. The Labute approximate surface area is 358 Å². The van der Waals surface area contributed by atoms with Gasteiger partial charge in [-0.25, -0.2) is 27.2 Å². The number of carbonyl (C=O) groups excluding carboxylic acids is 3. The fourth-order valence-corrected chi connectivity index (χ4v) is 9.21. The van der Waals surface area contributed by atoms with Gasteiger partial charge in [-0.3, -0.25) is 24.4 Å². The van der Waals surface area contributed by atoms with Gasteiger partial charge in [-0.1, -0.05) is 24.3 Å². The number of thioether (sulfide) groups is 1. The molecular weight excluding hydrogens is 845 g/mol. The van der Waals surface area contributed by atoms with Gasteiger partial charge >= 0.3 is 0 Å². The molecule has 2 aromatic carbocycles. The quantitative estimate of drug-likeness (QED) is 0.121. The number of halogens is 2. The zero-order chi connectivity index (χ0) is 44.0. The lowest BCUT2D eigenvalue weighted by atomic mass is 10.0. The number of aromatic nitrogens is 4. The average Bonchev–Trinajstić information content (AvgIpc) is 3.50. The molecule has 4 aromatic heterocycles. The standard InChI is InChI=1S/C21H20FN5O3.C21H21FN4O4S2/c22-13-5-3-12(4-6-13)11-26-21(30)19-20(29)18-14(2-1-7-25-18)17(27-19)15-10-16(28)24-9-8-23-15;1-32(29,30)26-9-10-31-16(12-26)17-15-3-2-8-23-18(15)20(27)19(25-17)21(28)24-11-13-4-6-14(22)7-5-13/h1-7,15,23,29H,8-11H2,(H,24,28)(H,26,30);2-8,16,27H,9-12H2,1H3,(H,24,28). The number of sulfonamides is 1. The zero-order valence-corrected chi connectivity index (χ0v) is 34.8. The van der Waals surface area contributed by atoms with Crippen LogP contribution in [0.15, 0.2) is 85.2 Å². The monoisotopic (exact) mass is 885 g/mol. The first-order valence-corrected chi connectivity index (χ1v) is 22.2. The molecule has 0 radical (unpaired) electrons. The van der Waals surface area contributed by atoms with Crippen molar-refractivity contribution < 1.29 is 41.8 Å². The molecule has 6 heterocycles. The molecule has 0 spiro atoms. The van der Waals surface area contributed by atoms with E-state index in [4.69, 9.17) is 0 Å². The summed E-state index contributed by atoms with van der Waals surface area (Å²) in [6, 6.07) is 17.9. The highest BCUT2D eigenvalue weighted by atomic mass is 32.2. The van der Waals surface area contributed by atoms with Gasteiger partial charge in [0.25, 0.3) is 11.8 Å². The molecule has 322 valence electrons. The van der Waals surface area contributed by atoms with E-state index in [0.29, 0.717) is 58.7 Å². The van der Waals surface area contributed by atoms with E-state index < -0.39 is 27.9 Å². The van der Waals surface area contributed by atoms with E-state index in [1.807, 2.05) is 0 Å². The summed E-state index contributed by atoms with van der Waals surface area (Å²) in [6.45, 7) is 1.92. The van der Waals surface area contributed by atoms with Crippen LogP contribution in [-0.4, -0.2) is 98.8 Å². The molecule has 16 nitrogen and oxygen atoms in total. The third-order valence-electron chi connectivity index (χ3n) is 10.1. The van der Waals surface area contributed by atoms with Gasteiger partial charge in [0.2, 0.25) is 15.9 Å². The highest BCUT2D eigenvalue weighted by molar-refractivity contribution is 7.99. The molecule has 2 fully saturated rings. The number of amides is 3. The van der Waals surface area contributed by atoms with Gasteiger partial charge in [-0.2, -0.15) is 4.31 Å². The summed E-state index contributed by atoms with van der Waals surface area (Å²) in [7, 11) is -3.38. The molecule has 8 rings (SSSR count). The van der Waals surface area contributed by atoms with Crippen LogP contribution in [0.2, 0.25) is 0 Å². The number of aromatic hydroxyl groups is 2. The second-order valence-corrected chi connectivity index (χ2v) is 17.6. The van der Waals surface area contributed by atoms with E-state index in [1.54, 1.807) is 60.3 Å². The predicted molar refractivity (Wildman–Crippen MR) is 228 cm³/mol. The minimum absolute atomic E-state index is 0.121. The first kappa shape index (κ1) is 43.7. The Morgan fingerprint density at radius 1 is 0.806 bits per heavy atom. The second-order valence-electron chi connectivity index (χ2n) is 14.3. The number of fused-ring (bicyclic) bond motifs is 2. The Balaban J connectivity index is 0.000000187. The van der Waals surface area contributed by atoms with E-state index in [9.17, 15) is 41.8 Å². The molecule has 6 N–H and O–H groups in total. The van der Waals surface area contributed by atoms with Gasteiger partial charge in [0.1, 0.15) is 22.7 Å². The van der Waals surface area contributed by atoms with Crippen molar-refractivity contribution in [1.82, 2.24) is 45.5 Å². The summed E-state index contributed by atoms with van der Waals surface area (Å²) in [6.07, 6.45) is 4.33. The molecule has 2 atom stereocenters. The summed E-state index contributed by atoms with van der Waals surface area (Å²) >= 11 is 1.54. The van der Waals surface area contributed by atoms with Crippen LogP contribution in [0.25, 0.3) is 21.8 Å². The maximum absolute atomic E-state index is 13.1. The van der Waals surface area contributed by atoms with Gasteiger partial charge in [0.15, 0.2) is 22.9 Å². The van der Waals surface area contributed by atoms with Crippen LogP contribution >= 0.6 is 11.8 Å². The van der Waals surface area contributed by atoms with Crippen molar-refractivity contribution in [3.05, 3.63) is 131 Å². The number of benzene rings is 2. The SMILES string of the molecule is CS(=O)(=O)N1CCSC(c2nc(C(=O)NCc3ccc(F)cc3)c(O)c3ncccc23)C1.O=C1CC(c2nc(C(=O)NCc3ccc(F)cc3)c(O)c3ncccc23)NCCN1. The minimum atomic E-state index is -3.38. The van der Waals surface area contributed by atoms with Crippen molar-refractivity contribution in [2.75, 3.05) is 38.2 Å². The maximum atomic E-state index is 13.1. The average molecular weight is 886 g/mol. The van der Waals surface area contributed by atoms with Gasteiger partial charge in [0.05, 0.1) is 28.9 Å². The van der Waals surface area contributed by atoms with Crippen LogP contribution in [0.1, 0.15) is 61.2 Å². The first-order valence-electron chi connectivity index (χ1n) is 19.3. The number of carbonyl (C=O) groups is 3. The van der Waals surface area contributed by atoms with Crippen molar-refractivity contribution in [3.63, 3.8) is 0 Å². The third-order valence-corrected chi connectivity index (χ3v) is 12.5. The molecule has 0 aliphatic carbocycles. The Morgan fingerprint density at radius 2 is 1.32 bits per heavy atom. The summed E-state index contributed by atoms with van der Waals surface area (Å²) in [4.78, 5) is 55.0. The minimum Gasteiger partial charge on any atom is -0.504 e. The molecule has 2 unspecified atom stereocenters. The summed E-state index contributed by atoms with van der Waals surface area (Å²) in [5.41, 5.74) is 2.45. The van der Waals surface area contributed by atoms with Crippen LogP contribution in [0.4, 0.5) is 8.78 Å². The maximum Gasteiger partial charge on any atom is 0.274 e. The molecule has 3 amide bonds. The third kappa shape index (κ3) is 10.2. The Morgan fingerprint density at radius 3 is 1.85 bits per heavy atom. The van der Waals surface area contributed by atoms with Crippen LogP contribution in [0.5, 0.6) is 11.5 Å². The van der Waals surface area contributed by atoms with Gasteiger partial charge in [-0.05, 0) is 59.7 Å². The van der Waals surface area contributed by atoms with Crippen molar-refractivity contribution >= 4 is 61.3 Å². The normalized spacial score (nSPS) is 17.0. The summed E-state index contributed by atoms with van der Waals surface area (Å²) in [5.74, 6) is -2.17. The molecule has 0 saturated carbocycles. The molecule has 2 aliphatic rings. The Kier molecular flexibility index (Phi) is 13.5. The summed E-state index contributed by atoms with van der Waals surface area (Å²) < 4.78 is 51.6. The van der Waals surface area contributed by atoms with Gasteiger partial charge < -0.3 is 31.5 Å². The van der Waals surface area contributed by atoms with E-state index in [2.05, 4.69) is 41.2 Å². The van der Waals surface area contributed by atoms with Gasteiger partial charge in [-0.15, -0.1) is 11.8 Å². The van der Waals surface area contributed by atoms with Crippen LogP contribution in [-0.2, 0) is 27.9 Å². The fourth-order valence-electron chi connectivity index (χ4n) is 6.92. The van der Waals surface area contributed by atoms with Crippen LogP contribution in [0, 0.1) is 11.6 Å². The molecule has 2 saturated heterocycles. The molecule has 0 bridgehead atoms. The smallest absolute Gasteiger partial charge is 0.274 e. The van der Waals surface area contributed by atoms with E-state index in [0.717, 1.165) is 6.26 Å². The molecular formula is C42H41F2N9O7S2. The second kappa shape index (κ2) is 19.1. The molecule has 2 aliphatic heterocycles. The number of nitrogens with zero attached hydrogens (tertiary/aromatic N) is 5. The lowest BCUT2D eigenvalue weighted by Crippen LogP contribution is -2.38. The number of rotatable bonds is 9. The van der Waals surface area contributed by atoms with Crippen LogP contribution < -0.4 is 21.3 Å². The number of hydrogen-bond donors (Lipinski definition) is 6. The lowest BCUT2D eigenvalue weighted by molar-refractivity contribution is -0.121. The summed E-state index contributed by atoms with van der Waals surface area (Å²) in [5, 5.41) is 33.6. The van der Waals surface area contributed by atoms with E-state index in [-0.39, 0.29) is 82.8 Å². The van der Waals surface area contributed by atoms with Crippen molar-refractivity contribution in [1.29, 1.82) is 0 Å².